The van der Waals surface area contributed by atoms with Gasteiger partial charge in [0.15, 0.2) is 0 Å². The lowest BCUT2D eigenvalue weighted by molar-refractivity contribution is -0.134. The van der Waals surface area contributed by atoms with Gasteiger partial charge in [0.25, 0.3) is 0 Å². The number of nitrogens with one attached hydrogen (secondary N) is 1. The fraction of sp³-hybridized carbons (Fsp3) is 0.556. The number of amides is 2. The molecule has 1 aromatic rings. The third-order valence-corrected chi connectivity index (χ3v) is 2.60. The highest BCUT2D eigenvalue weighted by molar-refractivity contribution is 5.88. The van der Waals surface area contributed by atoms with E-state index in [0.29, 0.717) is 6.42 Å². The molecule has 0 aliphatic heterocycles. The van der Waals surface area contributed by atoms with Crippen LogP contribution in [0.3, 0.4) is 0 Å². The maximum atomic E-state index is 12.1. The molecule has 1 aromatic carbocycles. The molecule has 0 heterocycles. The molecule has 4 nitrogen and oxygen atoms in total. The average molecular weight is 308 g/mol. The molecule has 0 saturated heterocycles. The summed E-state index contributed by atoms with van der Waals surface area (Å²) in [6, 6.07) is 8.69. The minimum atomic E-state index is -0.597. The Morgan fingerprint density at radius 1 is 1.05 bits per heavy atom. The van der Waals surface area contributed by atoms with E-state index in [1.165, 1.54) is 4.90 Å². The molecule has 0 radical (unpaired) electrons. The number of carbonyl (C=O) groups is 2. The van der Waals surface area contributed by atoms with E-state index in [2.05, 4.69) is 5.32 Å². The first-order valence-electron chi connectivity index (χ1n) is 8.11. The third-order valence-electron chi connectivity index (χ3n) is 2.60. The molecular formula is C18H32N2O2. The second-order valence-corrected chi connectivity index (χ2v) is 4.39. The summed E-state index contributed by atoms with van der Waals surface area (Å²) in [5.74, 6) is -0.216. The van der Waals surface area contributed by atoms with Crippen LogP contribution in [0.15, 0.2) is 30.3 Å². The van der Waals surface area contributed by atoms with E-state index in [0.717, 1.165) is 12.0 Å². The molecule has 0 spiro atoms. The molecule has 2 amide bonds. The molecule has 0 aliphatic carbocycles. The van der Waals surface area contributed by atoms with Gasteiger partial charge in [0.05, 0.1) is 0 Å². The van der Waals surface area contributed by atoms with Crippen LogP contribution < -0.4 is 5.32 Å². The standard InChI is InChI=1S/C14H20N2O2.2C2H6/c1-4-8-12(17)15-13(14(18)16(2)3)11-9-6-5-7-10-11;2*1-2/h5-7,9-10,13H,4,8H2,1-3H3,(H,15,17);2*1-2H3. The highest BCUT2D eigenvalue weighted by Gasteiger charge is 2.23. The zero-order chi connectivity index (χ0) is 17.5. The van der Waals surface area contributed by atoms with Gasteiger partial charge in [-0.25, -0.2) is 0 Å². The average Bonchev–Trinajstić information content (AvgIpc) is 2.56. The summed E-state index contributed by atoms with van der Waals surface area (Å²) in [6.45, 7) is 9.94. The molecular weight excluding hydrogens is 276 g/mol. The lowest BCUT2D eigenvalue weighted by Crippen LogP contribution is -2.39. The van der Waals surface area contributed by atoms with Crippen molar-refractivity contribution in [2.45, 2.75) is 53.5 Å². The first-order chi connectivity index (χ1) is 10.6. The lowest BCUT2D eigenvalue weighted by Gasteiger charge is -2.22. The van der Waals surface area contributed by atoms with Gasteiger partial charge in [0.2, 0.25) is 11.8 Å². The molecule has 1 rings (SSSR count). The van der Waals surface area contributed by atoms with Crippen LogP contribution >= 0.6 is 0 Å². The molecule has 1 unspecified atom stereocenters. The van der Waals surface area contributed by atoms with Gasteiger partial charge in [-0.05, 0) is 12.0 Å². The number of nitrogens with zero attached hydrogens (tertiary/aromatic N) is 1. The zero-order valence-electron chi connectivity index (χ0n) is 15.1. The fourth-order valence-electron chi connectivity index (χ4n) is 1.65. The van der Waals surface area contributed by atoms with Crippen molar-refractivity contribution in [3.63, 3.8) is 0 Å². The van der Waals surface area contributed by atoms with E-state index in [9.17, 15) is 9.59 Å². The van der Waals surface area contributed by atoms with E-state index in [4.69, 9.17) is 0 Å². The summed E-state index contributed by atoms with van der Waals surface area (Å²) in [7, 11) is 3.37. The molecule has 0 fully saturated rings. The van der Waals surface area contributed by atoms with E-state index >= 15 is 0 Å². The number of hydrogen-bond acceptors (Lipinski definition) is 2. The number of carbonyl (C=O) groups excluding carboxylic acids is 2. The summed E-state index contributed by atoms with van der Waals surface area (Å²) in [5.41, 5.74) is 0.806. The van der Waals surface area contributed by atoms with Crippen LogP contribution in [0.25, 0.3) is 0 Å². The minimum absolute atomic E-state index is 0.0958. The number of hydrogen-bond donors (Lipinski definition) is 1. The maximum absolute atomic E-state index is 12.1. The Morgan fingerprint density at radius 3 is 1.95 bits per heavy atom. The molecule has 4 heteroatoms. The van der Waals surface area contributed by atoms with E-state index in [1.807, 2.05) is 65.0 Å². The van der Waals surface area contributed by atoms with Crippen LogP contribution in [0.5, 0.6) is 0 Å². The van der Waals surface area contributed by atoms with Crippen molar-refractivity contribution in [1.29, 1.82) is 0 Å². The molecule has 0 aromatic heterocycles. The quantitative estimate of drug-likeness (QED) is 0.900. The van der Waals surface area contributed by atoms with E-state index < -0.39 is 6.04 Å². The Kier molecular flexibility index (Phi) is 14.4. The summed E-state index contributed by atoms with van der Waals surface area (Å²) in [5, 5.41) is 2.79. The number of rotatable bonds is 5. The second-order valence-electron chi connectivity index (χ2n) is 4.39. The van der Waals surface area contributed by atoms with Gasteiger partial charge in [-0.15, -0.1) is 0 Å². The van der Waals surface area contributed by atoms with Gasteiger partial charge in [0, 0.05) is 20.5 Å². The molecule has 1 N–H and O–H groups in total. The Balaban J connectivity index is 0. The summed E-state index contributed by atoms with van der Waals surface area (Å²) in [6.07, 6.45) is 1.20. The Hall–Kier alpha value is -1.84. The Morgan fingerprint density at radius 2 is 1.55 bits per heavy atom. The van der Waals surface area contributed by atoms with Crippen molar-refractivity contribution in [2.75, 3.05) is 14.1 Å². The van der Waals surface area contributed by atoms with Gasteiger partial charge < -0.3 is 10.2 Å². The van der Waals surface area contributed by atoms with Crippen molar-refractivity contribution in [2.24, 2.45) is 0 Å². The van der Waals surface area contributed by atoms with Gasteiger partial charge in [-0.2, -0.15) is 0 Å². The fourth-order valence-corrected chi connectivity index (χ4v) is 1.65. The van der Waals surface area contributed by atoms with Gasteiger partial charge in [-0.3, -0.25) is 9.59 Å². The predicted molar refractivity (Wildman–Crippen MR) is 93.6 cm³/mol. The van der Waals surface area contributed by atoms with Crippen molar-refractivity contribution in [3.05, 3.63) is 35.9 Å². The predicted octanol–water partition coefficient (Wildman–Crippen LogP) is 3.78. The van der Waals surface area contributed by atoms with Crippen LogP contribution in [0, 0.1) is 0 Å². The lowest BCUT2D eigenvalue weighted by atomic mass is 10.1. The van der Waals surface area contributed by atoms with Crippen LogP contribution in [0.4, 0.5) is 0 Å². The normalized spacial score (nSPS) is 10.1. The highest BCUT2D eigenvalue weighted by atomic mass is 16.2. The third kappa shape index (κ3) is 8.45. The van der Waals surface area contributed by atoms with Crippen molar-refractivity contribution in [1.82, 2.24) is 10.2 Å². The SMILES string of the molecule is CC.CC.CCCC(=O)NC(C(=O)N(C)C)c1ccccc1. The second kappa shape index (κ2) is 14.1. The molecule has 0 aliphatic rings. The van der Waals surface area contributed by atoms with Crippen molar-refractivity contribution >= 4 is 11.8 Å². The molecule has 126 valence electrons. The van der Waals surface area contributed by atoms with Crippen molar-refractivity contribution < 1.29 is 9.59 Å². The van der Waals surface area contributed by atoms with Crippen LogP contribution in [-0.4, -0.2) is 30.8 Å². The van der Waals surface area contributed by atoms with Crippen LogP contribution in [0.1, 0.15) is 59.1 Å². The van der Waals surface area contributed by atoms with E-state index in [1.54, 1.807) is 14.1 Å². The minimum Gasteiger partial charge on any atom is -0.347 e. The smallest absolute Gasteiger partial charge is 0.249 e. The monoisotopic (exact) mass is 308 g/mol. The largest absolute Gasteiger partial charge is 0.347 e. The first kappa shape index (κ1) is 22.4. The zero-order valence-corrected chi connectivity index (χ0v) is 15.1. The van der Waals surface area contributed by atoms with Gasteiger partial charge >= 0.3 is 0 Å². The highest BCUT2D eigenvalue weighted by Crippen LogP contribution is 2.15. The van der Waals surface area contributed by atoms with Crippen LogP contribution in [-0.2, 0) is 9.59 Å². The summed E-state index contributed by atoms with van der Waals surface area (Å²) in [4.78, 5) is 25.3. The topological polar surface area (TPSA) is 49.4 Å². The molecule has 0 saturated carbocycles. The Bertz CT molecular complexity index is 403. The van der Waals surface area contributed by atoms with Gasteiger partial charge in [-0.1, -0.05) is 65.0 Å². The summed E-state index contributed by atoms with van der Waals surface area (Å²) < 4.78 is 0. The van der Waals surface area contributed by atoms with Crippen LogP contribution in [0.2, 0.25) is 0 Å². The van der Waals surface area contributed by atoms with Crippen molar-refractivity contribution in [3.8, 4) is 0 Å². The Labute approximate surface area is 135 Å². The number of likely N-dealkylation sites (N-methyl/N-ethyl adjacent to an activating group) is 1. The number of benzene rings is 1. The first-order valence-corrected chi connectivity index (χ1v) is 8.11. The van der Waals surface area contributed by atoms with E-state index in [-0.39, 0.29) is 11.8 Å². The van der Waals surface area contributed by atoms with Gasteiger partial charge in [0.1, 0.15) is 6.04 Å². The molecule has 0 bridgehead atoms. The molecule has 22 heavy (non-hydrogen) atoms. The summed E-state index contributed by atoms with van der Waals surface area (Å²) >= 11 is 0. The molecule has 1 atom stereocenters. The maximum Gasteiger partial charge on any atom is 0.249 e.